The van der Waals surface area contributed by atoms with E-state index in [1.165, 1.54) is 6.42 Å². The molecular formula is C19H37N5O2. The average molecular weight is 368 g/mol. The number of morpholine rings is 1. The first kappa shape index (κ1) is 21.0. The summed E-state index contributed by atoms with van der Waals surface area (Å²) in [7, 11) is 0. The lowest BCUT2D eigenvalue weighted by Gasteiger charge is -2.31. The van der Waals surface area contributed by atoms with Crippen molar-refractivity contribution >= 4 is 11.9 Å². The predicted octanol–water partition coefficient (Wildman–Crippen LogP) is 0.911. The van der Waals surface area contributed by atoms with Gasteiger partial charge in [0.1, 0.15) is 0 Å². The van der Waals surface area contributed by atoms with Crippen LogP contribution in [-0.2, 0) is 9.53 Å². The standard InChI is InChI=1S/C19H37N5O2/c1-4-20-19(22-14-17(3)23-10-12-26-13-11-23)21-8-7-18(25)24-9-5-6-16(2)15-24/h16-17H,4-15H2,1-3H3,(H2,20,21,22). The SMILES string of the molecule is CCNC(=NCC(C)N1CCOCC1)NCCC(=O)N1CCCC(C)C1. The molecule has 150 valence electrons. The number of hydrogen-bond acceptors (Lipinski definition) is 4. The molecule has 0 saturated carbocycles. The molecule has 2 heterocycles. The largest absolute Gasteiger partial charge is 0.379 e. The number of aliphatic imine (C=N–C) groups is 1. The highest BCUT2D eigenvalue weighted by atomic mass is 16.5. The number of ether oxygens (including phenoxy) is 1. The number of nitrogens with one attached hydrogen (secondary N) is 2. The molecule has 2 rings (SSSR count). The molecule has 7 heteroatoms. The number of amides is 1. The van der Waals surface area contributed by atoms with Crippen molar-refractivity contribution in [2.45, 2.75) is 46.1 Å². The summed E-state index contributed by atoms with van der Waals surface area (Å²) < 4.78 is 5.41. The van der Waals surface area contributed by atoms with E-state index in [0.29, 0.717) is 24.9 Å². The van der Waals surface area contributed by atoms with E-state index in [1.54, 1.807) is 0 Å². The summed E-state index contributed by atoms with van der Waals surface area (Å²) in [4.78, 5) is 21.5. The third kappa shape index (κ3) is 7.11. The van der Waals surface area contributed by atoms with Crippen LogP contribution in [0.4, 0.5) is 0 Å². The van der Waals surface area contributed by atoms with Crippen molar-refractivity contribution in [3.8, 4) is 0 Å². The Morgan fingerprint density at radius 1 is 1.27 bits per heavy atom. The summed E-state index contributed by atoms with van der Waals surface area (Å²) in [5, 5.41) is 6.58. The molecule has 1 amide bonds. The lowest BCUT2D eigenvalue weighted by molar-refractivity contribution is -0.132. The number of rotatable bonds is 7. The van der Waals surface area contributed by atoms with Crippen molar-refractivity contribution in [3.63, 3.8) is 0 Å². The van der Waals surface area contributed by atoms with Crippen molar-refractivity contribution in [1.82, 2.24) is 20.4 Å². The van der Waals surface area contributed by atoms with Crippen LogP contribution in [0.25, 0.3) is 0 Å². The lowest BCUT2D eigenvalue weighted by Crippen LogP contribution is -2.45. The summed E-state index contributed by atoms with van der Waals surface area (Å²) in [6, 6.07) is 0.394. The van der Waals surface area contributed by atoms with E-state index in [1.807, 2.05) is 4.90 Å². The molecule has 7 nitrogen and oxygen atoms in total. The molecule has 2 aliphatic rings. The first-order valence-electron chi connectivity index (χ1n) is 10.2. The van der Waals surface area contributed by atoms with Gasteiger partial charge < -0.3 is 20.3 Å². The predicted molar refractivity (Wildman–Crippen MR) is 105 cm³/mol. The number of guanidine groups is 1. The van der Waals surface area contributed by atoms with Gasteiger partial charge in [0, 0.05) is 51.7 Å². The van der Waals surface area contributed by atoms with E-state index in [0.717, 1.165) is 64.9 Å². The molecule has 26 heavy (non-hydrogen) atoms. The maximum Gasteiger partial charge on any atom is 0.224 e. The van der Waals surface area contributed by atoms with Crippen LogP contribution in [0, 0.1) is 5.92 Å². The van der Waals surface area contributed by atoms with Crippen LogP contribution in [0.3, 0.4) is 0 Å². The number of nitrogens with zero attached hydrogens (tertiary/aromatic N) is 3. The van der Waals surface area contributed by atoms with Crippen LogP contribution in [-0.4, -0.2) is 86.7 Å². The fourth-order valence-electron chi connectivity index (χ4n) is 3.56. The van der Waals surface area contributed by atoms with Crippen molar-refractivity contribution < 1.29 is 9.53 Å². The minimum absolute atomic E-state index is 0.251. The maximum atomic E-state index is 12.4. The molecule has 2 fully saturated rings. The Hall–Kier alpha value is -1.34. The van der Waals surface area contributed by atoms with E-state index >= 15 is 0 Å². The second-order valence-electron chi connectivity index (χ2n) is 7.48. The number of carbonyl (C=O) groups excluding carboxylic acids is 1. The van der Waals surface area contributed by atoms with E-state index in [2.05, 4.69) is 36.3 Å². The van der Waals surface area contributed by atoms with Gasteiger partial charge in [0.05, 0.1) is 19.8 Å². The molecule has 2 N–H and O–H groups in total. The molecule has 2 saturated heterocycles. The van der Waals surface area contributed by atoms with Crippen molar-refractivity contribution in [3.05, 3.63) is 0 Å². The number of carbonyl (C=O) groups is 1. The van der Waals surface area contributed by atoms with E-state index in [-0.39, 0.29) is 5.91 Å². The normalized spacial score (nSPS) is 23.6. The van der Waals surface area contributed by atoms with Crippen LogP contribution in [0.5, 0.6) is 0 Å². The Labute approximate surface area is 158 Å². The van der Waals surface area contributed by atoms with Crippen LogP contribution in [0.2, 0.25) is 0 Å². The lowest BCUT2D eigenvalue weighted by atomic mass is 10.00. The summed E-state index contributed by atoms with van der Waals surface area (Å²) in [5.41, 5.74) is 0. The van der Waals surface area contributed by atoms with Crippen LogP contribution >= 0.6 is 0 Å². The number of piperidine rings is 1. The molecule has 0 aromatic heterocycles. The van der Waals surface area contributed by atoms with Gasteiger partial charge in [0.15, 0.2) is 5.96 Å². The summed E-state index contributed by atoms with van der Waals surface area (Å²) in [6.45, 7) is 14.1. The smallest absolute Gasteiger partial charge is 0.224 e. The fourth-order valence-corrected chi connectivity index (χ4v) is 3.56. The molecular weight excluding hydrogens is 330 g/mol. The third-order valence-electron chi connectivity index (χ3n) is 5.17. The monoisotopic (exact) mass is 367 g/mol. The minimum Gasteiger partial charge on any atom is -0.379 e. The van der Waals surface area contributed by atoms with Gasteiger partial charge in [-0.25, -0.2) is 0 Å². The van der Waals surface area contributed by atoms with Gasteiger partial charge in [-0.3, -0.25) is 14.7 Å². The highest BCUT2D eigenvalue weighted by Crippen LogP contribution is 2.15. The molecule has 2 unspecified atom stereocenters. The van der Waals surface area contributed by atoms with Crippen molar-refractivity contribution in [2.24, 2.45) is 10.9 Å². The zero-order valence-corrected chi connectivity index (χ0v) is 16.8. The topological polar surface area (TPSA) is 69.2 Å². The molecule has 2 aliphatic heterocycles. The first-order valence-corrected chi connectivity index (χ1v) is 10.2. The molecule has 0 spiro atoms. The Balaban J connectivity index is 1.73. The Bertz CT molecular complexity index is 451. The Morgan fingerprint density at radius 2 is 2.04 bits per heavy atom. The van der Waals surface area contributed by atoms with Crippen LogP contribution in [0.1, 0.15) is 40.0 Å². The summed E-state index contributed by atoms with van der Waals surface area (Å²) >= 11 is 0. The first-order chi connectivity index (χ1) is 12.6. The molecule has 0 bridgehead atoms. The number of likely N-dealkylation sites (tertiary alicyclic amines) is 1. The van der Waals surface area contributed by atoms with Gasteiger partial charge in [0.25, 0.3) is 0 Å². The van der Waals surface area contributed by atoms with Crippen LogP contribution < -0.4 is 10.6 Å². The quantitative estimate of drug-likeness (QED) is 0.517. The van der Waals surface area contributed by atoms with Gasteiger partial charge >= 0.3 is 0 Å². The second-order valence-corrected chi connectivity index (χ2v) is 7.48. The molecule has 0 radical (unpaired) electrons. The van der Waals surface area contributed by atoms with Crippen molar-refractivity contribution in [2.75, 3.05) is 59.0 Å². The highest BCUT2D eigenvalue weighted by molar-refractivity contribution is 5.81. The molecule has 0 aromatic carbocycles. The van der Waals surface area contributed by atoms with E-state index in [4.69, 9.17) is 9.73 Å². The summed E-state index contributed by atoms with van der Waals surface area (Å²) in [5.74, 6) is 1.68. The maximum absolute atomic E-state index is 12.4. The van der Waals surface area contributed by atoms with Gasteiger partial charge in [-0.2, -0.15) is 0 Å². The van der Waals surface area contributed by atoms with Gasteiger partial charge in [-0.1, -0.05) is 6.92 Å². The Morgan fingerprint density at radius 3 is 2.73 bits per heavy atom. The highest BCUT2D eigenvalue weighted by Gasteiger charge is 2.20. The van der Waals surface area contributed by atoms with Gasteiger partial charge in [-0.05, 0) is 32.6 Å². The molecule has 2 atom stereocenters. The van der Waals surface area contributed by atoms with Crippen LogP contribution in [0.15, 0.2) is 4.99 Å². The zero-order valence-electron chi connectivity index (χ0n) is 16.8. The summed E-state index contributed by atoms with van der Waals surface area (Å²) in [6.07, 6.45) is 2.89. The Kier molecular flexibility index (Phi) is 9.18. The van der Waals surface area contributed by atoms with Gasteiger partial charge in [0.2, 0.25) is 5.91 Å². The third-order valence-corrected chi connectivity index (χ3v) is 5.17. The molecule has 0 aliphatic carbocycles. The van der Waals surface area contributed by atoms with Crippen molar-refractivity contribution in [1.29, 1.82) is 0 Å². The second kappa shape index (κ2) is 11.4. The van der Waals surface area contributed by atoms with Gasteiger partial charge in [-0.15, -0.1) is 0 Å². The number of hydrogen-bond donors (Lipinski definition) is 2. The minimum atomic E-state index is 0.251. The van der Waals surface area contributed by atoms with E-state index < -0.39 is 0 Å². The molecule has 0 aromatic rings. The van der Waals surface area contributed by atoms with E-state index in [9.17, 15) is 4.79 Å². The average Bonchev–Trinajstić information content (AvgIpc) is 2.66. The zero-order chi connectivity index (χ0) is 18.8. The fraction of sp³-hybridized carbons (Fsp3) is 0.895.